The summed E-state index contributed by atoms with van der Waals surface area (Å²) in [6.07, 6.45) is -0.0671. The Kier molecular flexibility index (Phi) is 12.3. The van der Waals surface area contributed by atoms with Crippen LogP contribution in [0.3, 0.4) is 0 Å². The van der Waals surface area contributed by atoms with Crippen molar-refractivity contribution in [3.63, 3.8) is 0 Å². The van der Waals surface area contributed by atoms with Gasteiger partial charge in [0.2, 0.25) is 11.8 Å². The molecule has 0 bridgehead atoms. The number of benzene rings is 1. The Labute approximate surface area is 208 Å². The zero-order valence-corrected chi connectivity index (χ0v) is 21.9. The van der Waals surface area contributed by atoms with E-state index in [1.807, 2.05) is 58.0 Å². The summed E-state index contributed by atoms with van der Waals surface area (Å²) in [5.41, 5.74) is 0.822. The van der Waals surface area contributed by atoms with Crippen LogP contribution in [0.1, 0.15) is 59.9 Å². The summed E-state index contributed by atoms with van der Waals surface area (Å²) in [7, 11) is 1.48. The molecule has 196 valence electrons. The summed E-state index contributed by atoms with van der Waals surface area (Å²) in [4.78, 5) is 51.7. The smallest absolute Gasteiger partial charge is 0.410 e. The average Bonchev–Trinajstić information content (AvgIpc) is 2.76. The number of hydrogen-bond donors (Lipinski definition) is 3. The molecule has 1 aromatic rings. The topological polar surface area (TPSA) is 125 Å². The fourth-order valence-electron chi connectivity index (χ4n) is 3.79. The summed E-state index contributed by atoms with van der Waals surface area (Å²) in [6.45, 7) is 11.2. The molecule has 0 aliphatic heterocycles. The van der Waals surface area contributed by atoms with Crippen LogP contribution in [0.4, 0.5) is 4.79 Å². The van der Waals surface area contributed by atoms with E-state index in [0.717, 1.165) is 5.56 Å². The molecule has 1 aromatic carbocycles. The number of ether oxygens (including phenoxy) is 1. The van der Waals surface area contributed by atoms with Crippen LogP contribution in [-0.2, 0) is 25.7 Å². The standard InChI is InChI=1S/C26H41N3O6/c1-16(2)13-20(23(30)28-21(25(32)33)14-17(3)4)27-24(31)22(18(5)6)29(7)26(34)35-15-19-11-9-8-10-12-19/h8-12,16-18,20-22H,13-15H2,1-7H3,(H,27,31)(H,28,30)(H,32,33)/t20-,21-,22-/m0/s1. The Bertz CT molecular complexity index is 841. The molecule has 1 rings (SSSR count). The second-order valence-corrected chi connectivity index (χ2v) is 10.1. The number of carboxylic acid groups (broad SMARTS) is 1. The molecule has 0 aliphatic carbocycles. The Morgan fingerprint density at radius 1 is 0.857 bits per heavy atom. The summed E-state index contributed by atoms with van der Waals surface area (Å²) in [5, 5.41) is 14.8. The van der Waals surface area contributed by atoms with Gasteiger partial charge in [0.05, 0.1) is 0 Å². The van der Waals surface area contributed by atoms with E-state index in [2.05, 4.69) is 10.6 Å². The van der Waals surface area contributed by atoms with Crippen LogP contribution in [0, 0.1) is 17.8 Å². The fourth-order valence-corrected chi connectivity index (χ4v) is 3.79. The van der Waals surface area contributed by atoms with Gasteiger partial charge >= 0.3 is 12.1 Å². The Morgan fingerprint density at radius 2 is 1.37 bits per heavy atom. The second kappa shape index (κ2) is 14.3. The van der Waals surface area contributed by atoms with Crippen molar-refractivity contribution in [1.82, 2.24) is 15.5 Å². The number of amides is 3. The van der Waals surface area contributed by atoms with Gasteiger partial charge in [-0.3, -0.25) is 14.5 Å². The van der Waals surface area contributed by atoms with Crippen molar-refractivity contribution in [2.45, 2.75) is 79.1 Å². The van der Waals surface area contributed by atoms with Gasteiger partial charge in [0.15, 0.2) is 0 Å². The number of nitrogens with one attached hydrogen (secondary N) is 2. The number of likely N-dealkylation sites (N-methyl/N-ethyl adjacent to an activating group) is 1. The lowest BCUT2D eigenvalue weighted by Crippen LogP contribution is -2.57. The van der Waals surface area contributed by atoms with Gasteiger partial charge in [0, 0.05) is 7.05 Å². The van der Waals surface area contributed by atoms with E-state index in [4.69, 9.17) is 4.74 Å². The van der Waals surface area contributed by atoms with Crippen LogP contribution in [-0.4, -0.2) is 59.1 Å². The highest BCUT2D eigenvalue weighted by molar-refractivity contribution is 5.93. The predicted molar refractivity (Wildman–Crippen MR) is 133 cm³/mol. The number of aliphatic carboxylic acids is 1. The van der Waals surface area contributed by atoms with Gasteiger partial charge < -0.3 is 20.5 Å². The SMILES string of the molecule is CC(C)C[C@H](NC(=O)[C@H](CC(C)C)NC(=O)[C@H](C(C)C)N(C)C(=O)OCc1ccccc1)C(=O)O. The second-order valence-electron chi connectivity index (χ2n) is 10.1. The third-order valence-corrected chi connectivity index (χ3v) is 5.47. The quantitative estimate of drug-likeness (QED) is 0.388. The monoisotopic (exact) mass is 491 g/mol. The minimum atomic E-state index is -1.12. The van der Waals surface area contributed by atoms with Gasteiger partial charge in [0.1, 0.15) is 24.7 Å². The first-order valence-corrected chi connectivity index (χ1v) is 12.1. The minimum absolute atomic E-state index is 0.0606. The number of carboxylic acids is 1. The number of nitrogens with zero attached hydrogens (tertiary/aromatic N) is 1. The maximum absolute atomic E-state index is 13.2. The van der Waals surface area contributed by atoms with E-state index in [1.165, 1.54) is 11.9 Å². The van der Waals surface area contributed by atoms with Crippen molar-refractivity contribution in [2.24, 2.45) is 17.8 Å². The molecule has 35 heavy (non-hydrogen) atoms. The lowest BCUT2D eigenvalue weighted by atomic mass is 9.98. The zero-order valence-electron chi connectivity index (χ0n) is 21.9. The normalized spacial score (nSPS) is 13.8. The van der Waals surface area contributed by atoms with Gasteiger partial charge in [-0.25, -0.2) is 9.59 Å². The third-order valence-electron chi connectivity index (χ3n) is 5.47. The number of carbonyl (C=O) groups excluding carboxylic acids is 3. The number of hydrogen-bond acceptors (Lipinski definition) is 5. The third kappa shape index (κ3) is 10.4. The molecule has 0 aromatic heterocycles. The Balaban J connectivity index is 2.95. The minimum Gasteiger partial charge on any atom is -0.480 e. The van der Waals surface area contributed by atoms with E-state index < -0.39 is 42.0 Å². The van der Waals surface area contributed by atoms with Crippen LogP contribution in [0.25, 0.3) is 0 Å². The Hall–Kier alpha value is -3.10. The molecule has 0 heterocycles. The molecule has 0 saturated heterocycles. The van der Waals surface area contributed by atoms with Crippen molar-refractivity contribution < 1.29 is 29.0 Å². The molecule has 0 radical (unpaired) electrons. The lowest BCUT2D eigenvalue weighted by Gasteiger charge is -2.31. The van der Waals surface area contributed by atoms with Gasteiger partial charge in [0.25, 0.3) is 0 Å². The van der Waals surface area contributed by atoms with E-state index in [1.54, 1.807) is 13.8 Å². The van der Waals surface area contributed by atoms with Crippen LogP contribution >= 0.6 is 0 Å². The number of rotatable bonds is 13. The van der Waals surface area contributed by atoms with E-state index in [0.29, 0.717) is 6.42 Å². The molecule has 3 N–H and O–H groups in total. The summed E-state index contributed by atoms with van der Waals surface area (Å²) < 4.78 is 5.37. The van der Waals surface area contributed by atoms with E-state index in [-0.39, 0.29) is 30.8 Å². The van der Waals surface area contributed by atoms with Crippen molar-refractivity contribution >= 4 is 23.9 Å². The first kappa shape index (κ1) is 29.9. The molecule has 0 spiro atoms. The molecular weight excluding hydrogens is 450 g/mol. The van der Waals surface area contributed by atoms with Crippen LogP contribution < -0.4 is 10.6 Å². The first-order chi connectivity index (χ1) is 16.3. The molecule has 0 saturated carbocycles. The summed E-state index contributed by atoms with van der Waals surface area (Å²) >= 11 is 0. The highest BCUT2D eigenvalue weighted by atomic mass is 16.6. The molecule has 3 atom stereocenters. The van der Waals surface area contributed by atoms with Crippen molar-refractivity contribution in [2.75, 3.05) is 7.05 Å². The highest BCUT2D eigenvalue weighted by Crippen LogP contribution is 2.15. The van der Waals surface area contributed by atoms with Crippen LogP contribution in [0.2, 0.25) is 0 Å². The van der Waals surface area contributed by atoms with Crippen molar-refractivity contribution in [1.29, 1.82) is 0 Å². The Morgan fingerprint density at radius 3 is 1.86 bits per heavy atom. The van der Waals surface area contributed by atoms with Gasteiger partial charge in [-0.2, -0.15) is 0 Å². The molecule has 0 fully saturated rings. The van der Waals surface area contributed by atoms with Gasteiger partial charge in [-0.15, -0.1) is 0 Å². The number of carbonyl (C=O) groups is 4. The summed E-state index contributed by atoms with van der Waals surface area (Å²) in [6, 6.07) is 6.34. The van der Waals surface area contributed by atoms with E-state index in [9.17, 15) is 24.3 Å². The van der Waals surface area contributed by atoms with Gasteiger partial charge in [-0.05, 0) is 36.2 Å². The predicted octanol–water partition coefficient (Wildman–Crippen LogP) is 3.43. The average molecular weight is 492 g/mol. The molecule has 3 amide bonds. The van der Waals surface area contributed by atoms with Crippen LogP contribution in [0.5, 0.6) is 0 Å². The molecule has 9 heteroatoms. The summed E-state index contributed by atoms with van der Waals surface area (Å²) in [5.74, 6) is -2.32. The first-order valence-electron chi connectivity index (χ1n) is 12.1. The van der Waals surface area contributed by atoms with Crippen LogP contribution in [0.15, 0.2) is 30.3 Å². The van der Waals surface area contributed by atoms with Crippen molar-refractivity contribution in [3.8, 4) is 0 Å². The van der Waals surface area contributed by atoms with Gasteiger partial charge in [-0.1, -0.05) is 71.9 Å². The van der Waals surface area contributed by atoms with Crippen molar-refractivity contribution in [3.05, 3.63) is 35.9 Å². The largest absolute Gasteiger partial charge is 0.480 e. The lowest BCUT2D eigenvalue weighted by molar-refractivity contribution is -0.143. The molecule has 0 unspecified atom stereocenters. The molecular formula is C26H41N3O6. The fraction of sp³-hybridized carbons (Fsp3) is 0.615. The highest BCUT2D eigenvalue weighted by Gasteiger charge is 2.34. The maximum Gasteiger partial charge on any atom is 0.410 e. The zero-order chi connectivity index (χ0) is 26.7. The molecule has 0 aliphatic rings. The molecule has 9 nitrogen and oxygen atoms in total. The maximum atomic E-state index is 13.2. The van der Waals surface area contributed by atoms with E-state index >= 15 is 0 Å².